The van der Waals surface area contributed by atoms with Crippen LogP contribution in [0, 0.1) is 0 Å². The summed E-state index contributed by atoms with van der Waals surface area (Å²) >= 11 is 0. The summed E-state index contributed by atoms with van der Waals surface area (Å²) < 4.78 is 3.37. The molecule has 0 aliphatic rings. The molecular formula is C43H32N4O. The van der Waals surface area contributed by atoms with Crippen molar-refractivity contribution in [2.24, 2.45) is 14.1 Å². The lowest BCUT2D eigenvalue weighted by Gasteiger charge is -2.15. The number of rotatable bonds is 6. The first-order valence-electron chi connectivity index (χ1n) is 16.0. The van der Waals surface area contributed by atoms with Gasteiger partial charge in [-0.05, 0) is 63.7 Å². The van der Waals surface area contributed by atoms with Crippen molar-refractivity contribution in [3.05, 3.63) is 168 Å². The molecular weight excluding hydrogens is 589 g/mol. The van der Waals surface area contributed by atoms with Gasteiger partial charge in [-0.25, -0.2) is 14.8 Å². The Labute approximate surface area is 279 Å². The Bertz CT molecular complexity index is 2480. The summed E-state index contributed by atoms with van der Waals surface area (Å²) in [5.41, 5.74) is 13.0. The fourth-order valence-electron chi connectivity index (χ4n) is 6.43. The molecule has 6 aromatic carbocycles. The van der Waals surface area contributed by atoms with E-state index in [1.807, 2.05) is 43.4 Å². The molecule has 230 valence electrons. The quantitative estimate of drug-likeness (QED) is 0.186. The number of nitrogens with zero attached hydrogens (tertiary/aromatic N) is 4. The molecule has 0 spiro atoms. The van der Waals surface area contributed by atoms with Gasteiger partial charge in [0.1, 0.15) is 0 Å². The largest absolute Gasteiger partial charge is 0.328 e. The minimum absolute atomic E-state index is 0.0379. The molecule has 2 aromatic heterocycles. The van der Waals surface area contributed by atoms with Gasteiger partial charge in [-0.1, -0.05) is 127 Å². The highest BCUT2D eigenvalue weighted by Crippen LogP contribution is 2.38. The molecule has 0 aliphatic heterocycles. The Balaban J connectivity index is 1.32. The maximum atomic E-state index is 12.6. The van der Waals surface area contributed by atoms with Crippen molar-refractivity contribution in [3.8, 4) is 67.3 Å². The van der Waals surface area contributed by atoms with E-state index >= 15 is 0 Å². The molecule has 0 unspecified atom stereocenters. The summed E-state index contributed by atoms with van der Waals surface area (Å²) in [5.74, 6) is 0.665. The van der Waals surface area contributed by atoms with Gasteiger partial charge >= 0.3 is 5.69 Å². The monoisotopic (exact) mass is 620 g/mol. The van der Waals surface area contributed by atoms with Crippen LogP contribution in [0.3, 0.4) is 0 Å². The van der Waals surface area contributed by atoms with Gasteiger partial charge in [0.05, 0.1) is 22.4 Å². The first kappa shape index (κ1) is 29.1. The van der Waals surface area contributed by atoms with E-state index in [2.05, 4.69) is 121 Å². The molecule has 0 radical (unpaired) electrons. The standard InChI is InChI=1S/C43H32N4O/c1-46-40-24-22-34(27-41(40)47(2)43(46)48)32-19-12-20-35(25-32)38-28-39(45-42(44-38)31-17-10-5-11-18-31)37-26-33(29-13-6-3-7-14-29)21-23-36(37)30-15-8-4-9-16-30/h3-28H,1-2H3. The molecule has 8 aromatic rings. The van der Waals surface area contributed by atoms with Crippen LogP contribution in [0.1, 0.15) is 0 Å². The van der Waals surface area contributed by atoms with Gasteiger partial charge in [-0.15, -0.1) is 0 Å². The van der Waals surface area contributed by atoms with Gasteiger partial charge in [0.25, 0.3) is 0 Å². The van der Waals surface area contributed by atoms with E-state index in [-0.39, 0.29) is 5.69 Å². The van der Waals surface area contributed by atoms with E-state index in [1.54, 1.807) is 16.2 Å². The summed E-state index contributed by atoms with van der Waals surface area (Å²) in [4.78, 5) is 22.9. The fourth-order valence-corrected chi connectivity index (χ4v) is 6.43. The SMILES string of the molecule is Cn1c(=O)n(C)c2cc(-c3cccc(-c4cc(-c5cc(-c6ccccc6)ccc5-c5ccccc5)nc(-c5ccccc5)n4)c3)ccc21. The van der Waals surface area contributed by atoms with Crippen molar-refractivity contribution in [2.45, 2.75) is 0 Å². The summed E-state index contributed by atoms with van der Waals surface area (Å²) in [6, 6.07) is 54.4. The van der Waals surface area contributed by atoms with E-state index in [1.165, 1.54) is 0 Å². The van der Waals surface area contributed by atoms with Gasteiger partial charge in [0, 0.05) is 30.8 Å². The van der Waals surface area contributed by atoms with Gasteiger partial charge in [-0.3, -0.25) is 9.13 Å². The Morgan fingerprint density at radius 3 is 1.67 bits per heavy atom. The van der Waals surface area contributed by atoms with E-state index in [4.69, 9.17) is 9.97 Å². The third-order valence-corrected chi connectivity index (χ3v) is 9.01. The maximum Gasteiger partial charge on any atom is 0.328 e. The topological polar surface area (TPSA) is 52.7 Å². The molecule has 0 aliphatic carbocycles. The van der Waals surface area contributed by atoms with Crippen LogP contribution in [0.15, 0.2) is 163 Å². The molecule has 5 heteroatoms. The molecule has 0 amide bonds. The van der Waals surface area contributed by atoms with Crippen molar-refractivity contribution >= 4 is 11.0 Å². The van der Waals surface area contributed by atoms with Gasteiger partial charge in [0.2, 0.25) is 0 Å². The zero-order valence-electron chi connectivity index (χ0n) is 26.7. The zero-order valence-corrected chi connectivity index (χ0v) is 26.7. The Morgan fingerprint density at radius 1 is 0.396 bits per heavy atom. The third kappa shape index (κ3) is 5.31. The number of hydrogen-bond acceptors (Lipinski definition) is 3. The third-order valence-electron chi connectivity index (χ3n) is 9.01. The normalized spacial score (nSPS) is 11.2. The fraction of sp³-hybridized carbons (Fsp3) is 0.0465. The number of hydrogen-bond donors (Lipinski definition) is 0. The van der Waals surface area contributed by atoms with Gasteiger partial charge in [-0.2, -0.15) is 0 Å². The Kier molecular flexibility index (Phi) is 7.35. The van der Waals surface area contributed by atoms with Crippen molar-refractivity contribution in [3.63, 3.8) is 0 Å². The molecule has 2 heterocycles. The number of benzene rings is 6. The van der Waals surface area contributed by atoms with Crippen molar-refractivity contribution in [1.29, 1.82) is 0 Å². The second kappa shape index (κ2) is 12.1. The van der Waals surface area contributed by atoms with Crippen molar-refractivity contribution in [1.82, 2.24) is 19.1 Å². The molecule has 0 saturated heterocycles. The molecule has 0 N–H and O–H groups in total. The van der Waals surface area contributed by atoms with Crippen LogP contribution in [0.4, 0.5) is 0 Å². The van der Waals surface area contributed by atoms with Crippen LogP contribution >= 0.6 is 0 Å². The maximum absolute atomic E-state index is 12.6. The molecule has 0 bridgehead atoms. The second-order valence-electron chi connectivity index (χ2n) is 12.0. The number of aromatic nitrogens is 4. The lowest BCUT2D eigenvalue weighted by molar-refractivity contribution is 0.795. The Morgan fingerprint density at radius 2 is 0.938 bits per heavy atom. The van der Waals surface area contributed by atoms with E-state index in [0.717, 1.165) is 72.5 Å². The minimum atomic E-state index is -0.0379. The van der Waals surface area contributed by atoms with Crippen LogP contribution < -0.4 is 5.69 Å². The highest BCUT2D eigenvalue weighted by Gasteiger charge is 2.16. The van der Waals surface area contributed by atoms with Crippen LogP contribution in [0.2, 0.25) is 0 Å². The predicted molar refractivity (Wildman–Crippen MR) is 196 cm³/mol. The molecule has 5 nitrogen and oxygen atoms in total. The molecule has 0 saturated carbocycles. The van der Waals surface area contributed by atoms with Crippen molar-refractivity contribution < 1.29 is 0 Å². The van der Waals surface area contributed by atoms with E-state index in [9.17, 15) is 4.79 Å². The first-order valence-corrected chi connectivity index (χ1v) is 16.0. The lowest BCUT2D eigenvalue weighted by Crippen LogP contribution is -2.19. The summed E-state index contributed by atoms with van der Waals surface area (Å²) in [5, 5.41) is 0. The minimum Gasteiger partial charge on any atom is -0.295 e. The molecule has 0 fully saturated rings. The van der Waals surface area contributed by atoms with E-state index in [0.29, 0.717) is 5.82 Å². The predicted octanol–water partition coefficient (Wildman–Crippen LogP) is 9.67. The van der Waals surface area contributed by atoms with Crippen LogP contribution in [-0.4, -0.2) is 19.1 Å². The average molecular weight is 621 g/mol. The van der Waals surface area contributed by atoms with Crippen LogP contribution in [0.25, 0.3) is 78.3 Å². The molecule has 48 heavy (non-hydrogen) atoms. The first-order chi connectivity index (χ1) is 23.5. The van der Waals surface area contributed by atoms with Gasteiger partial charge in [0.15, 0.2) is 5.82 Å². The number of aryl methyl sites for hydroxylation is 2. The molecule has 8 rings (SSSR count). The van der Waals surface area contributed by atoms with Crippen LogP contribution in [-0.2, 0) is 14.1 Å². The van der Waals surface area contributed by atoms with Gasteiger partial charge < -0.3 is 0 Å². The highest BCUT2D eigenvalue weighted by atomic mass is 16.1. The average Bonchev–Trinajstić information content (AvgIpc) is 3.38. The smallest absolute Gasteiger partial charge is 0.295 e. The second-order valence-corrected chi connectivity index (χ2v) is 12.0. The molecule has 0 atom stereocenters. The number of imidazole rings is 1. The zero-order chi connectivity index (χ0) is 32.6. The highest BCUT2D eigenvalue weighted by molar-refractivity contribution is 5.88. The summed E-state index contributed by atoms with van der Waals surface area (Å²) in [6.07, 6.45) is 0. The van der Waals surface area contributed by atoms with E-state index < -0.39 is 0 Å². The number of fused-ring (bicyclic) bond motifs is 1. The Hall–Kier alpha value is -6.33. The van der Waals surface area contributed by atoms with Crippen LogP contribution in [0.5, 0.6) is 0 Å². The lowest BCUT2D eigenvalue weighted by atomic mass is 9.92. The van der Waals surface area contributed by atoms with Crippen molar-refractivity contribution in [2.75, 3.05) is 0 Å². The summed E-state index contributed by atoms with van der Waals surface area (Å²) in [7, 11) is 3.62. The summed E-state index contributed by atoms with van der Waals surface area (Å²) in [6.45, 7) is 0.